The van der Waals surface area contributed by atoms with Crippen molar-refractivity contribution in [1.82, 2.24) is 4.90 Å². The highest BCUT2D eigenvalue weighted by Crippen LogP contribution is 2.29. The van der Waals surface area contributed by atoms with Crippen LogP contribution in [0.5, 0.6) is 0 Å². The number of benzene rings is 1. The topological polar surface area (TPSA) is 6.48 Å². The van der Waals surface area contributed by atoms with Gasteiger partial charge in [-0.2, -0.15) is 0 Å². The predicted octanol–water partition coefficient (Wildman–Crippen LogP) is 3.74. The van der Waals surface area contributed by atoms with Gasteiger partial charge < -0.3 is 4.90 Å². The van der Waals surface area contributed by atoms with E-state index in [0.29, 0.717) is 6.04 Å². The molecule has 1 atom stereocenters. The SMILES string of the molecule is Cc1cc(C)c(N2CCN(C(C)C(C)C)C2)c(C)c1. The quantitative estimate of drug-likeness (QED) is 0.817. The van der Waals surface area contributed by atoms with Crippen molar-refractivity contribution in [3.63, 3.8) is 0 Å². The molecule has 0 aliphatic carbocycles. The van der Waals surface area contributed by atoms with Crippen molar-refractivity contribution < 1.29 is 0 Å². The van der Waals surface area contributed by atoms with Crippen LogP contribution in [0, 0.1) is 26.7 Å². The molecule has 106 valence electrons. The van der Waals surface area contributed by atoms with Gasteiger partial charge in [0, 0.05) is 24.8 Å². The molecule has 0 amide bonds. The molecule has 0 aromatic heterocycles. The van der Waals surface area contributed by atoms with E-state index in [1.54, 1.807) is 0 Å². The Morgan fingerprint density at radius 3 is 2.05 bits per heavy atom. The van der Waals surface area contributed by atoms with Crippen molar-refractivity contribution in [3.8, 4) is 0 Å². The number of nitrogens with zero attached hydrogens (tertiary/aromatic N) is 2. The maximum absolute atomic E-state index is 2.60. The van der Waals surface area contributed by atoms with E-state index < -0.39 is 0 Å². The summed E-state index contributed by atoms with van der Waals surface area (Å²) < 4.78 is 0. The molecule has 0 spiro atoms. The van der Waals surface area contributed by atoms with Crippen molar-refractivity contribution in [2.45, 2.75) is 47.6 Å². The van der Waals surface area contributed by atoms with Crippen LogP contribution in [0.4, 0.5) is 5.69 Å². The van der Waals surface area contributed by atoms with Gasteiger partial charge in [0.05, 0.1) is 6.67 Å². The van der Waals surface area contributed by atoms with Gasteiger partial charge in [-0.1, -0.05) is 31.5 Å². The summed E-state index contributed by atoms with van der Waals surface area (Å²) in [5.74, 6) is 0.722. The third-order valence-electron chi connectivity index (χ3n) is 4.50. The molecule has 0 N–H and O–H groups in total. The smallest absolute Gasteiger partial charge is 0.0710 e. The van der Waals surface area contributed by atoms with Gasteiger partial charge in [0.15, 0.2) is 0 Å². The van der Waals surface area contributed by atoms with Gasteiger partial charge in [-0.3, -0.25) is 4.90 Å². The second kappa shape index (κ2) is 5.54. The van der Waals surface area contributed by atoms with Crippen molar-refractivity contribution >= 4 is 5.69 Å². The van der Waals surface area contributed by atoms with E-state index in [4.69, 9.17) is 0 Å². The fourth-order valence-electron chi connectivity index (χ4n) is 3.22. The van der Waals surface area contributed by atoms with Crippen LogP contribution in [0.25, 0.3) is 0 Å². The van der Waals surface area contributed by atoms with Crippen LogP contribution in [0.1, 0.15) is 37.5 Å². The second-order valence-electron chi connectivity index (χ2n) is 6.45. The molecule has 19 heavy (non-hydrogen) atoms. The predicted molar refractivity (Wildman–Crippen MR) is 83.9 cm³/mol. The highest BCUT2D eigenvalue weighted by molar-refractivity contribution is 5.60. The van der Waals surface area contributed by atoms with Gasteiger partial charge in [-0.15, -0.1) is 0 Å². The summed E-state index contributed by atoms with van der Waals surface area (Å²) in [5, 5.41) is 0. The lowest BCUT2D eigenvalue weighted by Crippen LogP contribution is -2.36. The Hall–Kier alpha value is -1.02. The molecular formula is C17H28N2. The van der Waals surface area contributed by atoms with E-state index in [1.165, 1.54) is 28.9 Å². The third-order valence-corrected chi connectivity index (χ3v) is 4.50. The second-order valence-corrected chi connectivity index (χ2v) is 6.45. The van der Waals surface area contributed by atoms with Gasteiger partial charge in [0.25, 0.3) is 0 Å². The lowest BCUT2D eigenvalue weighted by molar-refractivity contribution is 0.210. The molecular weight excluding hydrogens is 232 g/mol. The van der Waals surface area contributed by atoms with Crippen molar-refractivity contribution in [2.24, 2.45) is 5.92 Å². The summed E-state index contributed by atoms with van der Waals surface area (Å²) in [5.41, 5.74) is 5.64. The first-order chi connectivity index (χ1) is 8.90. The molecule has 2 rings (SSSR count). The number of hydrogen-bond acceptors (Lipinski definition) is 2. The molecule has 2 heteroatoms. The minimum atomic E-state index is 0.663. The Bertz CT molecular complexity index is 428. The van der Waals surface area contributed by atoms with Crippen LogP contribution in [-0.4, -0.2) is 30.7 Å². The summed E-state index contributed by atoms with van der Waals surface area (Å²) in [7, 11) is 0. The fraction of sp³-hybridized carbons (Fsp3) is 0.647. The maximum Gasteiger partial charge on any atom is 0.0710 e. The molecule has 1 aromatic rings. The minimum Gasteiger partial charge on any atom is -0.357 e. The lowest BCUT2D eigenvalue weighted by atomic mass is 10.0. The Labute approximate surface area is 118 Å². The van der Waals surface area contributed by atoms with Crippen molar-refractivity contribution in [2.75, 3.05) is 24.7 Å². The summed E-state index contributed by atoms with van der Waals surface area (Å²) >= 11 is 0. The van der Waals surface area contributed by atoms with E-state index in [-0.39, 0.29) is 0 Å². The molecule has 1 saturated heterocycles. The largest absolute Gasteiger partial charge is 0.357 e. The van der Waals surface area contributed by atoms with E-state index in [2.05, 4.69) is 63.5 Å². The van der Waals surface area contributed by atoms with E-state index in [0.717, 1.165) is 19.1 Å². The van der Waals surface area contributed by atoms with Crippen LogP contribution >= 0.6 is 0 Å². The Morgan fingerprint density at radius 2 is 1.53 bits per heavy atom. The van der Waals surface area contributed by atoms with E-state index in [1.807, 2.05) is 0 Å². The average molecular weight is 260 g/mol. The third kappa shape index (κ3) is 2.94. The average Bonchev–Trinajstić information content (AvgIpc) is 2.75. The Kier molecular flexibility index (Phi) is 4.19. The molecule has 1 fully saturated rings. The first kappa shape index (κ1) is 14.4. The summed E-state index contributed by atoms with van der Waals surface area (Å²) in [6.45, 7) is 17.1. The summed E-state index contributed by atoms with van der Waals surface area (Å²) in [4.78, 5) is 5.15. The molecule has 2 nitrogen and oxygen atoms in total. The van der Waals surface area contributed by atoms with Crippen LogP contribution in [-0.2, 0) is 0 Å². The Balaban J connectivity index is 2.18. The summed E-state index contributed by atoms with van der Waals surface area (Å²) in [6, 6.07) is 5.27. The molecule has 1 aliphatic heterocycles. The van der Waals surface area contributed by atoms with Crippen LogP contribution in [0.15, 0.2) is 12.1 Å². The van der Waals surface area contributed by atoms with Gasteiger partial charge in [-0.25, -0.2) is 0 Å². The monoisotopic (exact) mass is 260 g/mol. The highest BCUT2D eigenvalue weighted by Gasteiger charge is 2.27. The summed E-state index contributed by atoms with van der Waals surface area (Å²) in [6.07, 6.45) is 0. The molecule has 1 heterocycles. The highest BCUT2D eigenvalue weighted by atomic mass is 15.4. The molecule has 1 aliphatic rings. The van der Waals surface area contributed by atoms with Crippen LogP contribution < -0.4 is 4.90 Å². The van der Waals surface area contributed by atoms with Gasteiger partial charge in [0.2, 0.25) is 0 Å². The molecule has 0 saturated carbocycles. The number of aryl methyl sites for hydroxylation is 3. The van der Waals surface area contributed by atoms with Crippen molar-refractivity contribution in [3.05, 3.63) is 28.8 Å². The van der Waals surface area contributed by atoms with Crippen LogP contribution in [0.3, 0.4) is 0 Å². The zero-order chi connectivity index (χ0) is 14.2. The van der Waals surface area contributed by atoms with Crippen LogP contribution in [0.2, 0.25) is 0 Å². The normalized spacial score (nSPS) is 18.4. The number of anilines is 1. The van der Waals surface area contributed by atoms with Crippen molar-refractivity contribution in [1.29, 1.82) is 0 Å². The standard InChI is InChI=1S/C17H28N2/c1-12(2)16(6)18-7-8-19(11-18)17-14(4)9-13(3)10-15(17)5/h9-10,12,16H,7-8,11H2,1-6H3. The molecule has 0 bridgehead atoms. The molecule has 0 radical (unpaired) electrons. The molecule has 1 aromatic carbocycles. The maximum atomic E-state index is 2.60. The van der Waals surface area contributed by atoms with E-state index >= 15 is 0 Å². The lowest BCUT2D eigenvalue weighted by Gasteiger charge is -2.29. The zero-order valence-corrected chi connectivity index (χ0v) is 13.3. The number of hydrogen-bond donors (Lipinski definition) is 0. The number of rotatable bonds is 3. The van der Waals surface area contributed by atoms with Gasteiger partial charge in [-0.05, 0) is 44.7 Å². The minimum absolute atomic E-state index is 0.663. The van der Waals surface area contributed by atoms with Gasteiger partial charge >= 0.3 is 0 Å². The first-order valence-corrected chi connectivity index (χ1v) is 7.47. The fourth-order valence-corrected chi connectivity index (χ4v) is 3.22. The van der Waals surface area contributed by atoms with Gasteiger partial charge in [0.1, 0.15) is 0 Å². The first-order valence-electron chi connectivity index (χ1n) is 7.47. The van der Waals surface area contributed by atoms with E-state index in [9.17, 15) is 0 Å². The Morgan fingerprint density at radius 1 is 0.947 bits per heavy atom. The molecule has 1 unspecified atom stereocenters. The zero-order valence-electron chi connectivity index (χ0n) is 13.3.